The lowest BCUT2D eigenvalue weighted by atomic mass is 10.1. The van der Waals surface area contributed by atoms with E-state index in [1.165, 1.54) is 17.1 Å². The van der Waals surface area contributed by atoms with Crippen molar-refractivity contribution in [3.63, 3.8) is 0 Å². The molecule has 5 nitrogen and oxygen atoms in total. The van der Waals surface area contributed by atoms with Gasteiger partial charge in [0.15, 0.2) is 0 Å². The maximum absolute atomic E-state index is 12.5. The summed E-state index contributed by atoms with van der Waals surface area (Å²) in [6, 6.07) is 20.4. The fourth-order valence-electron chi connectivity index (χ4n) is 3.12. The van der Waals surface area contributed by atoms with Crippen LogP contribution in [-0.2, 0) is 11.2 Å². The van der Waals surface area contributed by atoms with Crippen LogP contribution in [0.5, 0.6) is 0 Å². The molecular formula is C21H22N4OS2. The lowest BCUT2D eigenvalue weighted by molar-refractivity contribution is -0.128. The van der Waals surface area contributed by atoms with Crippen molar-refractivity contribution in [2.75, 3.05) is 36.8 Å². The average Bonchev–Trinajstić information content (AvgIpc) is 3.22. The van der Waals surface area contributed by atoms with Gasteiger partial charge in [0, 0.05) is 49.0 Å². The van der Waals surface area contributed by atoms with E-state index >= 15 is 0 Å². The number of carbonyl (C=O) groups excluding carboxylic acids is 1. The predicted octanol–water partition coefficient (Wildman–Crippen LogP) is 3.57. The quantitative estimate of drug-likeness (QED) is 0.582. The Morgan fingerprint density at radius 1 is 0.964 bits per heavy atom. The second-order valence-corrected chi connectivity index (χ2v) is 8.40. The molecule has 0 N–H and O–H groups in total. The third kappa shape index (κ3) is 4.91. The van der Waals surface area contributed by atoms with Gasteiger partial charge in [-0.25, -0.2) is 4.98 Å². The SMILES string of the molecule is O=C(CSc1ccccc1)N1CCN(c2nc(Cc3ccccc3)ns2)CC1. The van der Waals surface area contributed by atoms with Gasteiger partial charge in [0.25, 0.3) is 0 Å². The van der Waals surface area contributed by atoms with E-state index in [0.29, 0.717) is 5.75 Å². The molecule has 1 fully saturated rings. The molecule has 4 rings (SSSR count). The van der Waals surface area contributed by atoms with E-state index in [4.69, 9.17) is 4.98 Å². The van der Waals surface area contributed by atoms with Crippen LogP contribution in [0.4, 0.5) is 5.13 Å². The Bertz CT molecular complexity index is 893. The van der Waals surface area contributed by atoms with Crippen LogP contribution in [0, 0.1) is 0 Å². The minimum atomic E-state index is 0.204. The summed E-state index contributed by atoms with van der Waals surface area (Å²) in [7, 11) is 0. The zero-order chi connectivity index (χ0) is 19.2. The summed E-state index contributed by atoms with van der Waals surface area (Å²) in [5, 5.41) is 0.955. The lowest BCUT2D eigenvalue weighted by Gasteiger charge is -2.34. The van der Waals surface area contributed by atoms with Gasteiger partial charge in [-0.3, -0.25) is 4.79 Å². The number of thioether (sulfide) groups is 1. The van der Waals surface area contributed by atoms with Gasteiger partial charge >= 0.3 is 0 Å². The maximum Gasteiger partial charge on any atom is 0.233 e. The minimum Gasteiger partial charge on any atom is -0.343 e. The van der Waals surface area contributed by atoms with Gasteiger partial charge in [0.1, 0.15) is 5.82 Å². The van der Waals surface area contributed by atoms with Crippen LogP contribution in [0.3, 0.4) is 0 Å². The fourth-order valence-corrected chi connectivity index (χ4v) is 4.68. The molecule has 1 aromatic heterocycles. The molecule has 1 aliphatic heterocycles. The van der Waals surface area contributed by atoms with Gasteiger partial charge in [-0.2, -0.15) is 4.37 Å². The molecular weight excluding hydrogens is 388 g/mol. The second-order valence-electron chi connectivity index (χ2n) is 6.63. The molecule has 0 radical (unpaired) electrons. The highest BCUT2D eigenvalue weighted by Crippen LogP contribution is 2.22. The molecule has 0 saturated carbocycles. The average molecular weight is 411 g/mol. The third-order valence-electron chi connectivity index (χ3n) is 4.67. The minimum absolute atomic E-state index is 0.204. The first-order valence-electron chi connectivity index (χ1n) is 9.35. The summed E-state index contributed by atoms with van der Waals surface area (Å²) < 4.78 is 4.51. The van der Waals surface area contributed by atoms with E-state index < -0.39 is 0 Å². The molecule has 1 saturated heterocycles. The summed E-state index contributed by atoms with van der Waals surface area (Å²) in [5.74, 6) is 1.56. The van der Waals surface area contributed by atoms with Gasteiger partial charge in [-0.05, 0) is 17.7 Å². The first kappa shape index (κ1) is 19.0. The Morgan fingerprint density at radius 3 is 2.36 bits per heavy atom. The zero-order valence-electron chi connectivity index (χ0n) is 15.5. The number of piperazine rings is 1. The Kier molecular flexibility index (Phi) is 6.24. The van der Waals surface area contributed by atoms with Crippen LogP contribution in [0.2, 0.25) is 0 Å². The molecule has 1 aliphatic rings. The van der Waals surface area contributed by atoms with Gasteiger partial charge < -0.3 is 9.80 Å². The number of hydrogen-bond acceptors (Lipinski definition) is 6. The molecule has 2 aromatic carbocycles. The molecule has 0 atom stereocenters. The zero-order valence-corrected chi connectivity index (χ0v) is 17.2. The number of amides is 1. The second kappa shape index (κ2) is 9.21. The maximum atomic E-state index is 12.5. The normalized spacial score (nSPS) is 14.3. The molecule has 28 heavy (non-hydrogen) atoms. The topological polar surface area (TPSA) is 49.3 Å². The summed E-state index contributed by atoms with van der Waals surface area (Å²) >= 11 is 3.05. The van der Waals surface area contributed by atoms with Crippen molar-refractivity contribution in [1.29, 1.82) is 0 Å². The van der Waals surface area contributed by atoms with Crippen molar-refractivity contribution < 1.29 is 4.79 Å². The van der Waals surface area contributed by atoms with Gasteiger partial charge in [0.05, 0.1) is 5.75 Å². The smallest absolute Gasteiger partial charge is 0.233 e. The van der Waals surface area contributed by atoms with Gasteiger partial charge in [-0.15, -0.1) is 11.8 Å². The van der Waals surface area contributed by atoms with Crippen molar-refractivity contribution >= 4 is 34.3 Å². The number of nitrogens with zero attached hydrogens (tertiary/aromatic N) is 4. The number of anilines is 1. The number of hydrogen-bond donors (Lipinski definition) is 0. The van der Waals surface area contributed by atoms with Crippen molar-refractivity contribution in [2.45, 2.75) is 11.3 Å². The fraction of sp³-hybridized carbons (Fsp3) is 0.286. The molecule has 7 heteroatoms. The number of carbonyl (C=O) groups is 1. The monoisotopic (exact) mass is 410 g/mol. The lowest BCUT2D eigenvalue weighted by Crippen LogP contribution is -2.49. The van der Waals surface area contributed by atoms with Crippen molar-refractivity contribution in [1.82, 2.24) is 14.3 Å². The molecule has 0 bridgehead atoms. The number of aromatic nitrogens is 2. The van der Waals surface area contributed by atoms with E-state index in [1.807, 2.05) is 53.4 Å². The third-order valence-corrected chi connectivity index (χ3v) is 6.48. The molecule has 0 aliphatic carbocycles. The van der Waals surface area contributed by atoms with E-state index in [2.05, 4.69) is 21.4 Å². The number of rotatable bonds is 6. The Morgan fingerprint density at radius 2 is 1.64 bits per heavy atom. The summed E-state index contributed by atoms with van der Waals surface area (Å²) in [6.45, 7) is 3.09. The molecule has 0 spiro atoms. The van der Waals surface area contributed by atoms with E-state index in [9.17, 15) is 4.79 Å². The molecule has 144 valence electrons. The van der Waals surface area contributed by atoms with Crippen LogP contribution < -0.4 is 4.90 Å². The summed E-state index contributed by atoms with van der Waals surface area (Å²) in [4.78, 5) is 22.5. The Balaban J connectivity index is 1.26. The highest BCUT2D eigenvalue weighted by molar-refractivity contribution is 8.00. The van der Waals surface area contributed by atoms with Gasteiger partial charge in [-0.1, -0.05) is 48.5 Å². The van der Waals surface area contributed by atoms with E-state index in [-0.39, 0.29) is 5.91 Å². The predicted molar refractivity (Wildman–Crippen MR) is 115 cm³/mol. The van der Waals surface area contributed by atoms with E-state index in [0.717, 1.165) is 48.5 Å². The molecule has 0 unspecified atom stereocenters. The molecule has 2 heterocycles. The Labute approximate surface area is 173 Å². The van der Waals surface area contributed by atoms with Crippen LogP contribution in [0.1, 0.15) is 11.4 Å². The van der Waals surface area contributed by atoms with Gasteiger partial charge in [0.2, 0.25) is 11.0 Å². The summed E-state index contributed by atoms with van der Waals surface area (Å²) in [5.41, 5.74) is 1.22. The van der Waals surface area contributed by atoms with Crippen LogP contribution in [0.25, 0.3) is 0 Å². The van der Waals surface area contributed by atoms with E-state index in [1.54, 1.807) is 11.8 Å². The van der Waals surface area contributed by atoms with Crippen molar-refractivity contribution in [2.24, 2.45) is 0 Å². The highest BCUT2D eigenvalue weighted by atomic mass is 32.2. The molecule has 3 aromatic rings. The Hall–Kier alpha value is -2.38. The first-order chi connectivity index (χ1) is 13.8. The van der Waals surface area contributed by atoms with Crippen LogP contribution >= 0.6 is 23.3 Å². The highest BCUT2D eigenvalue weighted by Gasteiger charge is 2.23. The summed E-state index contributed by atoms with van der Waals surface area (Å²) in [6.07, 6.45) is 0.756. The van der Waals surface area contributed by atoms with Crippen molar-refractivity contribution in [3.8, 4) is 0 Å². The first-order valence-corrected chi connectivity index (χ1v) is 11.1. The standard InChI is InChI=1S/C21H22N4OS2/c26-20(16-27-18-9-5-2-6-10-18)24-11-13-25(14-12-24)21-22-19(23-28-21)15-17-7-3-1-4-8-17/h1-10H,11-16H2. The molecule has 1 amide bonds. The van der Waals surface area contributed by atoms with Crippen molar-refractivity contribution in [3.05, 3.63) is 72.1 Å². The number of benzene rings is 2. The van der Waals surface area contributed by atoms with Crippen LogP contribution in [0.15, 0.2) is 65.6 Å². The largest absolute Gasteiger partial charge is 0.343 e. The van der Waals surface area contributed by atoms with Crippen LogP contribution in [-0.4, -0.2) is 52.1 Å².